The van der Waals surface area contributed by atoms with E-state index in [4.69, 9.17) is 9.84 Å². The second-order valence-electron chi connectivity index (χ2n) is 5.31. The molecule has 3 rings (SSSR count). The summed E-state index contributed by atoms with van der Waals surface area (Å²) in [6, 6.07) is 4.17. The van der Waals surface area contributed by atoms with Crippen LogP contribution in [0.1, 0.15) is 29.6 Å². The Labute approximate surface area is 130 Å². The molecule has 3 atom stereocenters. The molecule has 0 radical (unpaired) electrons. The number of carbonyl (C=O) groups is 2. The van der Waals surface area contributed by atoms with Gasteiger partial charge in [-0.3, -0.25) is 0 Å². The average Bonchev–Trinajstić information content (AvgIpc) is 3.03. The highest BCUT2D eigenvalue weighted by atomic mass is 79.9. The minimum atomic E-state index is -1.03. The van der Waals surface area contributed by atoms with Gasteiger partial charge in [-0.05, 0) is 53.4 Å². The third kappa shape index (κ3) is 3.03. The molecule has 0 aromatic heterocycles. The van der Waals surface area contributed by atoms with E-state index in [0.29, 0.717) is 10.2 Å². The van der Waals surface area contributed by atoms with Crippen molar-refractivity contribution in [2.24, 2.45) is 0 Å². The van der Waals surface area contributed by atoms with Crippen LogP contribution in [0.4, 0.5) is 10.5 Å². The monoisotopic (exact) mass is 354 g/mol. The number of nitrogens with one attached hydrogen (secondary N) is 2. The highest BCUT2D eigenvalue weighted by Crippen LogP contribution is 2.34. The molecule has 112 valence electrons. The summed E-state index contributed by atoms with van der Waals surface area (Å²) in [7, 11) is 0. The second-order valence-corrected chi connectivity index (χ2v) is 6.17. The number of hydrogen-bond donors (Lipinski definition) is 3. The van der Waals surface area contributed by atoms with E-state index in [-0.39, 0.29) is 29.8 Å². The number of hydrogen-bond acceptors (Lipinski definition) is 3. The fourth-order valence-electron chi connectivity index (χ4n) is 2.87. The molecule has 0 aliphatic carbocycles. The molecule has 0 saturated carbocycles. The Morgan fingerprint density at radius 3 is 2.76 bits per heavy atom. The summed E-state index contributed by atoms with van der Waals surface area (Å²) in [4.78, 5) is 23.0. The van der Waals surface area contributed by atoms with E-state index in [1.54, 1.807) is 6.07 Å². The maximum Gasteiger partial charge on any atom is 0.335 e. The largest absolute Gasteiger partial charge is 0.478 e. The summed E-state index contributed by atoms with van der Waals surface area (Å²) in [5.41, 5.74) is 0.549. The molecule has 3 N–H and O–H groups in total. The number of halogens is 1. The first-order valence-electron chi connectivity index (χ1n) is 6.79. The van der Waals surface area contributed by atoms with Crippen molar-refractivity contribution in [3.8, 4) is 0 Å². The van der Waals surface area contributed by atoms with Gasteiger partial charge in [-0.25, -0.2) is 9.59 Å². The maximum absolute atomic E-state index is 12.0. The molecule has 7 heteroatoms. The minimum Gasteiger partial charge on any atom is -0.478 e. The Kier molecular flexibility index (Phi) is 3.86. The minimum absolute atomic E-state index is 0.0326. The van der Waals surface area contributed by atoms with Crippen molar-refractivity contribution in [3.05, 3.63) is 28.2 Å². The predicted molar refractivity (Wildman–Crippen MR) is 79.6 cm³/mol. The van der Waals surface area contributed by atoms with Gasteiger partial charge in [0, 0.05) is 4.47 Å². The van der Waals surface area contributed by atoms with Crippen LogP contribution in [-0.4, -0.2) is 35.4 Å². The summed E-state index contributed by atoms with van der Waals surface area (Å²) >= 11 is 3.29. The molecule has 2 fully saturated rings. The molecule has 21 heavy (non-hydrogen) atoms. The Morgan fingerprint density at radius 2 is 2.14 bits per heavy atom. The van der Waals surface area contributed by atoms with Crippen LogP contribution in [0.15, 0.2) is 22.7 Å². The van der Waals surface area contributed by atoms with Gasteiger partial charge in [0.1, 0.15) is 0 Å². The van der Waals surface area contributed by atoms with Crippen molar-refractivity contribution in [2.75, 3.05) is 5.32 Å². The van der Waals surface area contributed by atoms with Crippen molar-refractivity contribution >= 4 is 33.6 Å². The summed E-state index contributed by atoms with van der Waals surface area (Å²) in [5.74, 6) is -1.03. The van der Waals surface area contributed by atoms with Crippen LogP contribution < -0.4 is 10.6 Å². The zero-order valence-corrected chi connectivity index (χ0v) is 12.7. The number of urea groups is 1. The lowest BCUT2D eigenvalue weighted by atomic mass is 9.96. The molecule has 2 bridgehead atoms. The summed E-state index contributed by atoms with van der Waals surface area (Å²) in [6.45, 7) is 0. The number of fused-ring (bicyclic) bond motifs is 2. The lowest BCUT2D eigenvalue weighted by molar-refractivity contribution is 0.0697. The summed E-state index contributed by atoms with van der Waals surface area (Å²) < 4.78 is 6.31. The summed E-state index contributed by atoms with van der Waals surface area (Å²) in [6.07, 6.45) is 3.26. The lowest BCUT2D eigenvalue weighted by Gasteiger charge is -2.20. The first kappa shape index (κ1) is 14.3. The van der Waals surface area contributed by atoms with Crippen LogP contribution in [0.25, 0.3) is 0 Å². The lowest BCUT2D eigenvalue weighted by Crippen LogP contribution is -2.43. The van der Waals surface area contributed by atoms with E-state index in [1.807, 2.05) is 0 Å². The molecule has 1 aromatic carbocycles. The zero-order valence-electron chi connectivity index (χ0n) is 11.1. The molecule has 2 aliphatic heterocycles. The number of carbonyl (C=O) groups excluding carboxylic acids is 1. The van der Waals surface area contributed by atoms with Gasteiger partial charge < -0.3 is 20.5 Å². The molecule has 0 spiro atoms. The highest BCUT2D eigenvalue weighted by molar-refractivity contribution is 9.10. The van der Waals surface area contributed by atoms with Gasteiger partial charge in [-0.2, -0.15) is 0 Å². The van der Waals surface area contributed by atoms with Gasteiger partial charge in [-0.15, -0.1) is 0 Å². The highest BCUT2D eigenvalue weighted by Gasteiger charge is 2.41. The molecule has 1 aromatic rings. The molecular formula is C14H15BrN2O4. The Hall–Kier alpha value is -1.60. The smallest absolute Gasteiger partial charge is 0.335 e. The molecule has 2 heterocycles. The molecule has 2 amide bonds. The van der Waals surface area contributed by atoms with Gasteiger partial charge in [0.05, 0.1) is 29.5 Å². The SMILES string of the molecule is O=C(Nc1cc(C(=O)O)ccc1Br)NC1CC2CCC1O2. The number of carboxylic acid groups (broad SMARTS) is 1. The first-order valence-corrected chi connectivity index (χ1v) is 7.58. The van der Waals surface area contributed by atoms with E-state index >= 15 is 0 Å². The fourth-order valence-corrected chi connectivity index (χ4v) is 3.22. The number of carboxylic acids is 1. The number of benzene rings is 1. The molecule has 3 unspecified atom stereocenters. The number of anilines is 1. The van der Waals surface area contributed by atoms with Crippen LogP contribution in [0.3, 0.4) is 0 Å². The topological polar surface area (TPSA) is 87.7 Å². The molecule has 2 saturated heterocycles. The van der Waals surface area contributed by atoms with E-state index in [0.717, 1.165) is 19.3 Å². The fraction of sp³-hybridized carbons (Fsp3) is 0.429. The van der Waals surface area contributed by atoms with E-state index in [1.165, 1.54) is 12.1 Å². The van der Waals surface area contributed by atoms with Crippen LogP contribution >= 0.6 is 15.9 Å². The Morgan fingerprint density at radius 1 is 1.33 bits per heavy atom. The van der Waals surface area contributed by atoms with Crippen molar-refractivity contribution in [1.82, 2.24) is 5.32 Å². The van der Waals surface area contributed by atoms with Crippen molar-refractivity contribution in [3.63, 3.8) is 0 Å². The second kappa shape index (κ2) is 5.65. The number of ether oxygens (including phenoxy) is 1. The third-order valence-electron chi connectivity index (χ3n) is 3.88. The molecule has 6 nitrogen and oxygen atoms in total. The van der Waals surface area contributed by atoms with Crippen LogP contribution in [0.5, 0.6) is 0 Å². The van der Waals surface area contributed by atoms with E-state index < -0.39 is 5.97 Å². The van der Waals surface area contributed by atoms with Gasteiger partial charge in [0.25, 0.3) is 0 Å². The molecule has 2 aliphatic rings. The van der Waals surface area contributed by atoms with Crippen LogP contribution in [-0.2, 0) is 4.74 Å². The Bertz CT molecular complexity index is 592. The van der Waals surface area contributed by atoms with Crippen molar-refractivity contribution in [2.45, 2.75) is 37.5 Å². The normalized spacial score (nSPS) is 26.6. The van der Waals surface area contributed by atoms with Crippen molar-refractivity contribution in [1.29, 1.82) is 0 Å². The van der Waals surface area contributed by atoms with Gasteiger partial charge in [0.2, 0.25) is 0 Å². The standard InChI is InChI=1S/C14H15BrN2O4/c15-9-3-1-7(13(18)19)5-10(9)16-14(20)17-11-6-8-2-4-12(11)21-8/h1,3,5,8,11-12H,2,4,6H2,(H,18,19)(H2,16,17,20). The number of amides is 2. The average molecular weight is 355 g/mol. The third-order valence-corrected chi connectivity index (χ3v) is 4.58. The predicted octanol–water partition coefficient (Wildman–Crippen LogP) is 2.59. The van der Waals surface area contributed by atoms with Gasteiger partial charge >= 0.3 is 12.0 Å². The van der Waals surface area contributed by atoms with Crippen molar-refractivity contribution < 1.29 is 19.4 Å². The van der Waals surface area contributed by atoms with Gasteiger partial charge in [-0.1, -0.05) is 0 Å². The zero-order chi connectivity index (χ0) is 15.0. The quantitative estimate of drug-likeness (QED) is 0.778. The van der Waals surface area contributed by atoms with E-state index in [9.17, 15) is 9.59 Å². The van der Waals surface area contributed by atoms with Crippen LogP contribution in [0.2, 0.25) is 0 Å². The van der Waals surface area contributed by atoms with E-state index in [2.05, 4.69) is 26.6 Å². The van der Waals surface area contributed by atoms with Gasteiger partial charge in [0.15, 0.2) is 0 Å². The number of rotatable bonds is 3. The first-order chi connectivity index (χ1) is 10.0. The van der Waals surface area contributed by atoms with Crippen LogP contribution in [0, 0.1) is 0 Å². The summed E-state index contributed by atoms with van der Waals surface area (Å²) in [5, 5.41) is 14.5. The Balaban J connectivity index is 1.64. The maximum atomic E-state index is 12.0. The number of aromatic carboxylic acids is 1. The molecular weight excluding hydrogens is 340 g/mol.